The molecule has 1 aliphatic carbocycles. The van der Waals surface area contributed by atoms with Crippen molar-refractivity contribution in [3.8, 4) is 0 Å². The predicted octanol–water partition coefficient (Wildman–Crippen LogP) is 3.06. The Morgan fingerprint density at radius 3 is 2.89 bits per heavy atom. The molecule has 5 heteroatoms. The molecule has 2 rings (SSSR count). The minimum absolute atomic E-state index is 0.444. The summed E-state index contributed by atoms with van der Waals surface area (Å²) in [6.45, 7) is 5.80. The molecule has 0 unspecified atom stereocenters. The number of H-pyrrole nitrogens is 1. The van der Waals surface area contributed by atoms with Gasteiger partial charge < -0.3 is 15.0 Å². The van der Waals surface area contributed by atoms with E-state index in [1.807, 2.05) is 6.92 Å². The lowest BCUT2D eigenvalue weighted by molar-refractivity contribution is -0.0103. The van der Waals surface area contributed by atoms with Crippen LogP contribution >= 0.6 is 11.6 Å². The van der Waals surface area contributed by atoms with Crippen molar-refractivity contribution in [3.63, 3.8) is 0 Å². The van der Waals surface area contributed by atoms with Crippen LogP contribution < -0.4 is 5.32 Å². The molecular weight excluding hydrogens is 262 g/mol. The van der Waals surface area contributed by atoms with Gasteiger partial charge in [0.2, 0.25) is 0 Å². The van der Waals surface area contributed by atoms with E-state index in [0.717, 1.165) is 50.4 Å². The number of rotatable bonds is 8. The molecule has 0 spiro atoms. The third kappa shape index (κ3) is 4.20. The van der Waals surface area contributed by atoms with Gasteiger partial charge in [-0.2, -0.15) is 0 Å². The van der Waals surface area contributed by atoms with Crippen molar-refractivity contribution in [2.24, 2.45) is 0 Å². The Kier molecular flexibility index (Phi) is 5.67. The normalized spacial score (nSPS) is 22.5. The van der Waals surface area contributed by atoms with E-state index in [4.69, 9.17) is 16.3 Å². The minimum atomic E-state index is 0.444. The zero-order valence-corrected chi connectivity index (χ0v) is 12.6. The number of aromatic nitrogens is 2. The Hall–Kier alpha value is -0.580. The van der Waals surface area contributed by atoms with Crippen LogP contribution in [0.3, 0.4) is 0 Å². The van der Waals surface area contributed by atoms with Crippen LogP contribution in [0.5, 0.6) is 0 Å². The van der Waals surface area contributed by atoms with E-state index in [-0.39, 0.29) is 0 Å². The Morgan fingerprint density at radius 1 is 1.42 bits per heavy atom. The first kappa shape index (κ1) is 14.8. The van der Waals surface area contributed by atoms with Gasteiger partial charge in [-0.15, -0.1) is 0 Å². The first-order chi connectivity index (χ1) is 9.22. The summed E-state index contributed by atoms with van der Waals surface area (Å²) < 4.78 is 5.55. The molecule has 0 radical (unpaired) electrons. The Balaban J connectivity index is 1.72. The van der Waals surface area contributed by atoms with Crippen LogP contribution in [-0.4, -0.2) is 28.7 Å². The number of imidazole rings is 1. The van der Waals surface area contributed by atoms with E-state index in [1.54, 1.807) is 0 Å². The molecule has 1 aromatic heterocycles. The number of ether oxygens (including phenoxy) is 1. The van der Waals surface area contributed by atoms with Gasteiger partial charge in [0.15, 0.2) is 5.15 Å². The molecule has 1 fully saturated rings. The van der Waals surface area contributed by atoms with Crippen molar-refractivity contribution in [3.05, 3.63) is 16.7 Å². The second-order valence-corrected chi connectivity index (χ2v) is 5.54. The van der Waals surface area contributed by atoms with Crippen molar-refractivity contribution < 1.29 is 4.74 Å². The van der Waals surface area contributed by atoms with Gasteiger partial charge in [-0.05, 0) is 26.2 Å². The monoisotopic (exact) mass is 285 g/mol. The van der Waals surface area contributed by atoms with Gasteiger partial charge in [0.05, 0.1) is 11.8 Å². The second kappa shape index (κ2) is 7.27. The maximum atomic E-state index is 6.14. The molecule has 1 aromatic rings. The lowest BCUT2D eigenvalue weighted by Gasteiger charge is -2.35. The molecule has 2 N–H and O–H groups in total. The first-order valence-electron chi connectivity index (χ1n) is 7.31. The van der Waals surface area contributed by atoms with Gasteiger partial charge in [-0.3, -0.25) is 0 Å². The van der Waals surface area contributed by atoms with Crippen LogP contribution in [0, 0.1) is 0 Å². The summed E-state index contributed by atoms with van der Waals surface area (Å²) in [5.74, 6) is 1.00. The zero-order valence-electron chi connectivity index (χ0n) is 11.8. The molecule has 0 aromatic carbocycles. The molecule has 1 heterocycles. The smallest absolute Gasteiger partial charge is 0.151 e. The summed E-state index contributed by atoms with van der Waals surface area (Å²) >= 11 is 6.14. The molecule has 19 heavy (non-hydrogen) atoms. The number of nitrogens with one attached hydrogen (secondary N) is 2. The molecule has 108 valence electrons. The van der Waals surface area contributed by atoms with Gasteiger partial charge >= 0.3 is 0 Å². The Labute approximate surface area is 120 Å². The largest absolute Gasteiger partial charge is 0.378 e. The van der Waals surface area contributed by atoms with E-state index in [2.05, 4.69) is 22.2 Å². The molecular formula is C14H24ClN3O. The Morgan fingerprint density at radius 2 is 2.21 bits per heavy atom. The Bertz CT molecular complexity index is 388. The highest BCUT2D eigenvalue weighted by atomic mass is 35.5. The van der Waals surface area contributed by atoms with E-state index < -0.39 is 0 Å². The van der Waals surface area contributed by atoms with E-state index in [0.29, 0.717) is 17.3 Å². The molecule has 0 amide bonds. The van der Waals surface area contributed by atoms with E-state index >= 15 is 0 Å². The average molecular weight is 286 g/mol. The van der Waals surface area contributed by atoms with Crippen molar-refractivity contribution in [2.45, 2.75) is 64.6 Å². The van der Waals surface area contributed by atoms with Gasteiger partial charge in [0, 0.05) is 25.6 Å². The summed E-state index contributed by atoms with van der Waals surface area (Å²) in [6, 6.07) is 0.551. The molecule has 1 saturated carbocycles. The lowest BCUT2D eigenvalue weighted by atomic mass is 9.89. The highest BCUT2D eigenvalue weighted by Gasteiger charge is 2.29. The lowest BCUT2D eigenvalue weighted by Crippen LogP contribution is -2.45. The summed E-state index contributed by atoms with van der Waals surface area (Å²) in [4.78, 5) is 7.68. The van der Waals surface area contributed by atoms with Crippen molar-refractivity contribution >= 4 is 11.6 Å². The maximum Gasteiger partial charge on any atom is 0.151 e. The molecule has 0 atom stereocenters. The average Bonchev–Trinajstić information content (AvgIpc) is 2.70. The quantitative estimate of drug-likeness (QED) is 0.772. The fourth-order valence-corrected chi connectivity index (χ4v) is 2.59. The maximum absolute atomic E-state index is 6.14. The van der Waals surface area contributed by atoms with Gasteiger partial charge in [-0.1, -0.05) is 24.9 Å². The third-order valence-electron chi connectivity index (χ3n) is 3.61. The van der Waals surface area contributed by atoms with Crippen LogP contribution in [0.2, 0.25) is 5.15 Å². The molecule has 4 nitrogen and oxygen atoms in total. The number of halogens is 1. The number of aromatic amines is 1. The number of nitrogens with zero attached hydrogens (tertiary/aromatic N) is 1. The van der Waals surface area contributed by atoms with Crippen LogP contribution in [0.1, 0.15) is 51.0 Å². The summed E-state index contributed by atoms with van der Waals surface area (Å²) in [5, 5.41) is 4.11. The number of hydrogen-bond acceptors (Lipinski definition) is 3. The standard InChI is InChI=1S/C14H24ClN3O/c1-3-5-6-13-17-12(14(15)18-13)9-16-10-7-11(8-10)19-4-2/h10-11,16H,3-9H2,1-2H3,(H,17,18). The van der Waals surface area contributed by atoms with Gasteiger partial charge in [0.25, 0.3) is 0 Å². The molecule has 1 aliphatic rings. The van der Waals surface area contributed by atoms with Gasteiger partial charge in [-0.25, -0.2) is 4.98 Å². The fourth-order valence-electron chi connectivity index (χ4n) is 2.37. The van der Waals surface area contributed by atoms with Gasteiger partial charge in [0.1, 0.15) is 5.82 Å². The zero-order chi connectivity index (χ0) is 13.7. The number of aryl methyl sites for hydroxylation is 1. The SMILES string of the molecule is CCCCc1nc(Cl)c(CNC2CC(OCC)C2)[nH]1. The predicted molar refractivity (Wildman–Crippen MR) is 77.5 cm³/mol. The fraction of sp³-hybridized carbons (Fsp3) is 0.786. The number of unbranched alkanes of at least 4 members (excludes halogenated alkanes) is 1. The second-order valence-electron chi connectivity index (χ2n) is 5.18. The van der Waals surface area contributed by atoms with Crippen LogP contribution in [0.25, 0.3) is 0 Å². The molecule has 0 saturated heterocycles. The molecule has 0 bridgehead atoms. The highest BCUT2D eigenvalue weighted by Crippen LogP contribution is 2.24. The minimum Gasteiger partial charge on any atom is -0.378 e. The topological polar surface area (TPSA) is 49.9 Å². The third-order valence-corrected chi connectivity index (χ3v) is 3.92. The van der Waals surface area contributed by atoms with Crippen LogP contribution in [-0.2, 0) is 17.7 Å². The van der Waals surface area contributed by atoms with E-state index in [9.17, 15) is 0 Å². The first-order valence-corrected chi connectivity index (χ1v) is 7.69. The van der Waals surface area contributed by atoms with Crippen LogP contribution in [0.15, 0.2) is 0 Å². The van der Waals surface area contributed by atoms with Crippen LogP contribution in [0.4, 0.5) is 0 Å². The summed E-state index contributed by atoms with van der Waals surface area (Å²) in [7, 11) is 0. The summed E-state index contributed by atoms with van der Waals surface area (Å²) in [6.07, 6.45) is 5.94. The van der Waals surface area contributed by atoms with Crippen molar-refractivity contribution in [2.75, 3.05) is 6.61 Å². The van der Waals surface area contributed by atoms with Crippen molar-refractivity contribution in [1.82, 2.24) is 15.3 Å². The number of hydrogen-bond donors (Lipinski definition) is 2. The van der Waals surface area contributed by atoms with E-state index in [1.165, 1.54) is 6.42 Å². The summed E-state index contributed by atoms with van der Waals surface area (Å²) in [5.41, 5.74) is 1.01. The van der Waals surface area contributed by atoms with Crippen molar-refractivity contribution in [1.29, 1.82) is 0 Å². The molecule has 0 aliphatic heterocycles. The highest BCUT2D eigenvalue weighted by molar-refractivity contribution is 6.30.